The Hall–Kier alpha value is -4.09. The first-order chi connectivity index (χ1) is 18.1. The van der Waals surface area contributed by atoms with E-state index in [2.05, 4.69) is 31.3 Å². The highest BCUT2D eigenvalue weighted by molar-refractivity contribution is 9.10. The van der Waals surface area contributed by atoms with Crippen molar-refractivity contribution >= 4 is 61.9 Å². The van der Waals surface area contributed by atoms with Crippen molar-refractivity contribution in [3.05, 3.63) is 102 Å². The van der Waals surface area contributed by atoms with Gasteiger partial charge in [0.15, 0.2) is 6.61 Å². The van der Waals surface area contributed by atoms with Crippen molar-refractivity contribution in [1.29, 1.82) is 0 Å². The average molecular weight is 599 g/mol. The smallest absolute Gasteiger partial charge is 0.311 e. The molecule has 4 rings (SSSR count). The van der Waals surface area contributed by atoms with Crippen LogP contribution in [0.4, 0.5) is 11.4 Å². The van der Waals surface area contributed by atoms with E-state index in [0.717, 1.165) is 4.68 Å². The van der Waals surface area contributed by atoms with Crippen molar-refractivity contribution in [2.75, 3.05) is 11.9 Å². The molecule has 194 valence electrons. The molecule has 0 unspecified atom stereocenters. The van der Waals surface area contributed by atoms with E-state index >= 15 is 0 Å². The molecule has 3 aromatic carbocycles. The van der Waals surface area contributed by atoms with E-state index in [-0.39, 0.29) is 22.9 Å². The molecular formula is C26H21BrClN5O5. The number of carbonyl (C=O) groups excluding carboxylic acids is 1. The second-order valence-electron chi connectivity index (χ2n) is 8.44. The number of halogens is 2. The van der Waals surface area contributed by atoms with Crippen LogP contribution in [0.2, 0.25) is 5.02 Å². The summed E-state index contributed by atoms with van der Waals surface area (Å²) in [7, 11) is 0. The van der Waals surface area contributed by atoms with Crippen molar-refractivity contribution in [1.82, 2.24) is 9.66 Å². The molecule has 38 heavy (non-hydrogen) atoms. The first-order valence-corrected chi connectivity index (χ1v) is 12.5. The van der Waals surface area contributed by atoms with Gasteiger partial charge in [-0.25, -0.2) is 4.98 Å². The summed E-state index contributed by atoms with van der Waals surface area (Å²) in [5.41, 5.74) is 0.467. The molecule has 0 saturated heterocycles. The number of ether oxygens (including phenoxy) is 1. The third kappa shape index (κ3) is 6.06. The number of amides is 1. The summed E-state index contributed by atoms with van der Waals surface area (Å²) in [6, 6.07) is 15.9. The molecule has 1 aromatic heterocycles. The van der Waals surface area contributed by atoms with Gasteiger partial charge in [-0.1, -0.05) is 47.4 Å². The van der Waals surface area contributed by atoms with Gasteiger partial charge in [-0.15, -0.1) is 0 Å². The molecule has 0 atom stereocenters. The van der Waals surface area contributed by atoms with E-state index in [1.54, 1.807) is 42.5 Å². The lowest BCUT2D eigenvalue weighted by Gasteiger charge is -2.13. The van der Waals surface area contributed by atoms with Crippen LogP contribution in [0.5, 0.6) is 5.75 Å². The van der Waals surface area contributed by atoms with Gasteiger partial charge in [-0.2, -0.15) is 9.78 Å². The lowest BCUT2D eigenvalue weighted by atomic mass is 10.2. The van der Waals surface area contributed by atoms with Crippen molar-refractivity contribution in [3.63, 3.8) is 0 Å². The van der Waals surface area contributed by atoms with Crippen LogP contribution in [-0.4, -0.2) is 33.3 Å². The van der Waals surface area contributed by atoms with Crippen molar-refractivity contribution in [2.24, 2.45) is 5.10 Å². The predicted molar refractivity (Wildman–Crippen MR) is 149 cm³/mol. The Labute approximate surface area is 230 Å². The third-order valence-corrected chi connectivity index (χ3v) is 6.10. The first kappa shape index (κ1) is 27.0. The van der Waals surface area contributed by atoms with Gasteiger partial charge >= 0.3 is 5.69 Å². The maximum absolute atomic E-state index is 13.3. The Morgan fingerprint density at radius 3 is 2.66 bits per heavy atom. The number of nitro groups is 1. The fraction of sp³-hybridized carbons (Fsp3) is 0.154. The molecule has 0 fully saturated rings. The number of nitrogens with zero attached hydrogens (tertiary/aromatic N) is 4. The summed E-state index contributed by atoms with van der Waals surface area (Å²) < 4.78 is 7.46. The molecule has 0 aliphatic carbocycles. The van der Waals surface area contributed by atoms with Crippen LogP contribution in [0.25, 0.3) is 10.9 Å². The van der Waals surface area contributed by atoms with Crippen molar-refractivity contribution < 1.29 is 14.5 Å². The number of fused-ring (bicyclic) bond motifs is 1. The van der Waals surface area contributed by atoms with Crippen LogP contribution >= 0.6 is 27.5 Å². The maximum Gasteiger partial charge on any atom is 0.311 e. The Bertz CT molecular complexity index is 1620. The summed E-state index contributed by atoms with van der Waals surface area (Å²) in [6.45, 7) is 3.25. The van der Waals surface area contributed by atoms with E-state index in [9.17, 15) is 19.7 Å². The summed E-state index contributed by atoms with van der Waals surface area (Å²) in [5, 5.41) is 19.5. The van der Waals surface area contributed by atoms with Crippen LogP contribution in [-0.2, 0) is 4.79 Å². The predicted octanol–water partition coefficient (Wildman–Crippen LogP) is 5.74. The zero-order valence-corrected chi connectivity index (χ0v) is 22.6. The number of aromatic nitrogens is 2. The van der Waals surface area contributed by atoms with E-state index in [1.165, 1.54) is 24.4 Å². The molecule has 0 radical (unpaired) electrons. The van der Waals surface area contributed by atoms with Crippen LogP contribution < -0.4 is 15.6 Å². The lowest BCUT2D eigenvalue weighted by molar-refractivity contribution is -0.385. The van der Waals surface area contributed by atoms with Gasteiger partial charge in [0.1, 0.15) is 5.82 Å². The van der Waals surface area contributed by atoms with Gasteiger partial charge in [0.2, 0.25) is 5.75 Å². The van der Waals surface area contributed by atoms with E-state index in [1.807, 2.05) is 13.8 Å². The number of anilines is 1. The molecule has 0 aliphatic rings. The second kappa shape index (κ2) is 11.5. The standard InChI is InChI=1S/C26H21BrClN5O5/c1-15(2)25-31-21-11-6-17(27)12-20(21)26(35)32(25)29-13-16-4-3-5-22(33(36)37)24(16)38-14-23(34)30-19-9-7-18(28)8-10-19/h3-13,15H,14H2,1-2H3,(H,30,34). The number of hydrogen-bond acceptors (Lipinski definition) is 7. The highest BCUT2D eigenvalue weighted by Gasteiger charge is 2.20. The summed E-state index contributed by atoms with van der Waals surface area (Å²) >= 11 is 9.22. The summed E-state index contributed by atoms with van der Waals surface area (Å²) in [5.74, 6) is -0.430. The van der Waals surface area contributed by atoms with Crippen LogP contribution in [0, 0.1) is 10.1 Å². The minimum absolute atomic E-state index is 0.148. The van der Waals surface area contributed by atoms with Gasteiger partial charge < -0.3 is 10.1 Å². The molecule has 1 amide bonds. The number of benzene rings is 3. The highest BCUT2D eigenvalue weighted by Crippen LogP contribution is 2.30. The Morgan fingerprint density at radius 2 is 1.97 bits per heavy atom. The summed E-state index contributed by atoms with van der Waals surface area (Å²) in [4.78, 5) is 41.4. The van der Waals surface area contributed by atoms with E-state index in [0.29, 0.717) is 31.9 Å². The number of nitro benzene ring substituents is 1. The van der Waals surface area contributed by atoms with Gasteiger partial charge in [0.05, 0.1) is 22.0 Å². The molecule has 10 nitrogen and oxygen atoms in total. The molecule has 0 bridgehead atoms. The molecule has 12 heteroatoms. The van der Waals surface area contributed by atoms with Gasteiger partial charge in [0.25, 0.3) is 11.5 Å². The third-order valence-electron chi connectivity index (χ3n) is 5.36. The topological polar surface area (TPSA) is 129 Å². The van der Waals surface area contributed by atoms with Crippen molar-refractivity contribution in [2.45, 2.75) is 19.8 Å². The van der Waals surface area contributed by atoms with E-state index < -0.39 is 23.0 Å². The van der Waals surface area contributed by atoms with Crippen LogP contribution in [0.15, 0.2) is 75.0 Å². The van der Waals surface area contributed by atoms with Crippen molar-refractivity contribution in [3.8, 4) is 5.75 Å². The molecule has 0 saturated carbocycles. The number of para-hydroxylation sites is 1. The molecule has 1 heterocycles. The van der Waals surface area contributed by atoms with Gasteiger partial charge in [-0.05, 0) is 48.5 Å². The molecule has 1 N–H and O–H groups in total. The monoisotopic (exact) mass is 597 g/mol. The SMILES string of the molecule is CC(C)c1nc2ccc(Br)cc2c(=O)n1N=Cc1cccc([N+](=O)[O-])c1OCC(=O)Nc1ccc(Cl)cc1. The molecule has 4 aromatic rings. The fourth-order valence-electron chi connectivity index (χ4n) is 3.58. The summed E-state index contributed by atoms with van der Waals surface area (Å²) in [6.07, 6.45) is 1.28. The normalized spacial score (nSPS) is 11.3. The van der Waals surface area contributed by atoms with Gasteiger partial charge in [0, 0.05) is 32.7 Å². The highest BCUT2D eigenvalue weighted by atomic mass is 79.9. The number of nitrogens with one attached hydrogen (secondary N) is 1. The van der Waals surface area contributed by atoms with Gasteiger partial charge in [-0.3, -0.25) is 19.7 Å². The molecule has 0 aliphatic heterocycles. The lowest BCUT2D eigenvalue weighted by Crippen LogP contribution is -2.23. The molecule has 0 spiro atoms. The number of hydrogen-bond donors (Lipinski definition) is 1. The number of rotatable bonds is 8. The minimum Gasteiger partial charge on any atom is -0.476 e. The number of carbonyl (C=O) groups is 1. The maximum atomic E-state index is 13.3. The Morgan fingerprint density at radius 1 is 1.24 bits per heavy atom. The van der Waals surface area contributed by atoms with Crippen LogP contribution in [0.1, 0.15) is 31.2 Å². The zero-order chi connectivity index (χ0) is 27.4. The van der Waals surface area contributed by atoms with E-state index in [4.69, 9.17) is 16.3 Å². The Kier molecular flexibility index (Phi) is 8.18. The fourth-order valence-corrected chi connectivity index (χ4v) is 4.07. The zero-order valence-electron chi connectivity index (χ0n) is 20.2. The molecular weight excluding hydrogens is 578 g/mol. The Balaban J connectivity index is 1.68. The quantitative estimate of drug-likeness (QED) is 0.156. The van der Waals surface area contributed by atoms with Crippen LogP contribution in [0.3, 0.4) is 0 Å². The largest absolute Gasteiger partial charge is 0.476 e. The average Bonchev–Trinajstić information content (AvgIpc) is 2.88. The first-order valence-electron chi connectivity index (χ1n) is 11.4. The second-order valence-corrected chi connectivity index (χ2v) is 9.80. The minimum atomic E-state index is -0.620.